The Bertz CT molecular complexity index is 3330. The number of para-hydroxylation sites is 3. The van der Waals surface area contributed by atoms with E-state index in [1.807, 2.05) is 0 Å². The zero-order valence-electron chi connectivity index (χ0n) is 35.0. The van der Waals surface area contributed by atoms with E-state index >= 15 is 0 Å². The van der Waals surface area contributed by atoms with E-state index in [4.69, 9.17) is 9.15 Å². The number of benzene rings is 8. The van der Waals surface area contributed by atoms with Crippen LogP contribution in [0.15, 0.2) is 168 Å². The smallest absolute Gasteiger partial charge is 0.256 e. The number of aromatic nitrogens is 1. The minimum Gasteiger partial charge on any atom is -0.458 e. The van der Waals surface area contributed by atoms with Crippen molar-refractivity contribution in [3.63, 3.8) is 0 Å². The molecular weight excluding hydrogens is 743 g/mol. The summed E-state index contributed by atoms with van der Waals surface area (Å²) >= 11 is 0. The number of hydrogen-bond donors (Lipinski definition) is 0. The summed E-state index contributed by atoms with van der Waals surface area (Å²) in [6.45, 7) is 9.13. The Morgan fingerprint density at radius 2 is 1.26 bits per heavy atom. The third kappa shape index (κ3) is 5.53. The highest BCUT2D eigenvalue weighted by molar-refractivity contribution is 6.99. The summed E-state index contributed by atoms with van der Waals surface area (Å²) in [5, 5.41) is 4.82. The van der Waals surface area contributed by atoms with Gasteiger partial charge in [-0.05, 0) is 105 Å². The van der Waals surface area contributed by atoms with Crippen LogP contribution < -0.4 is 26.0 Å². The molecule has 0 radical (unpaired) electrons. The van der Waals surface area contributed by atoms with Gasteiger partial charge in [0.25, 0.3) is 6.71 Å². The number of furan rings is 1. The van der Waals surface area contributed by atoms with Crippen molar-refractivity contribution < 1.29 is 9.15 Å². The Kier molecular flexibility index (Phi) is 7.96. The summed E-state index contributed by atoms with van der Waals surface area (Å²) in [6.07, 6.45) is 3.17. The van der Waals surface area contributed by atoms with E-state index in [1.54, 1.807) is 0 Å². The molecule has 0 bridgehead atoms. The highest BCUT2D eigenvalue weighted by Crippen LogP contribution is 2.47. The van der Waals surface area contributed by atoms with E-state index in [2.05, 4.69) is 201 Å². The fourth-order valence-corrected chi connectivity index (χ4v) is 10.2. The molecule has 8 aromatic carbocycles. The van der Waals surface area contributed by atoms with Crippen LogP contribution in [-0.4, -0.2) is 11.3 Å². The maximum atomic E-state index is 7.28. The number of aryl methyl sites for hydroxylation is 1. The molecule has 2 aliphatic heterocycles. The summed E-state index contributed by atoms with van der Waals surface area (Å²) < 4.78 is 16.3. The zero-order valence-corrected chi connectivity index (χ0v) is 35.0. The van der Waals surface area contributed by atoms with E-state index in [1.165, 1.54) is 71.5 Å². The first-order valence-corrected chi connectivity index (χ1v) is 21.8. The van der Waals surface area contributed by atoms with Crippen LogP contribution >= 0.6 is 0 Å². The number of ether oxygens (including phenoxy) is 1. The number of hydrogen-bond acceptors (Lipinski definition) is 3. The SMILES string of the molecule is CCCCc1cc2c(cc1N1c3ccc(-c4ccccc4)cc3B3c4ccc(-n5c6ccccc6c6ccccc65)cc4Oc4cc(C(C)(C)C)cc1c43)oc1ccccc12. The fourth-order valence-electron chi connectivity index (χ4n) is 10.2. The Balaban J connectivity index is 1.13. The predicted octanol–water partition coefficient (Wildman–Crippen LogP) is 13.4. The van der Waals surface area contributed by atoms with Gasteiger partial charge in [0.1, 0.15) is 22.7 Å². The minimum atomic E-state index is -0.133. The molecule has 61 heavy (non-hydrogen) atoms. The summed E-state index contributed by atoms with van der Waals surface area (Å²) in [6, 6.07) is 60.1. The number of nitrogens with zero attached hydrogens (tertiary/aromatic N) is 2. The van der Waals surface area contributed by atoms with E-state index in [0.717, 1.165) is 64.4 Å². The molecule has 0 spiro atoms. The predicted molar refractivity (Wildman–Crippen MR) is 257 cm³/mol. The normalized spacial score (nSPS) is 13.2. The molecule has 10 aromatic rings. The molecule has 294 valence electrons. The average molecular weight is 789 g/mol. The molecule has 0 saturated carbocycles. The lowest BCUT2D eigenvalue weighted by molar-refractivity contribution is 0.483. The van der Waals surface area contributed by atoms with Crippen LogP contribution in [-0.2, 0) is 11.8 Å². The topological polar surface area (TPSA) is 30.5 Å². The van der Waals surface area contributed by atoms with Gasteiger partial charge >= 0.3 is 0 Å². The molecule has 0 atom stereocenters. The highest BCUT2D eigenvalue weighted by Gasteiger charge is 2.43. The Labute approximate surface area is 356 Å². The Hall–Kier alpha value is -6.98. The molecule has 4 heterocycles. The molecule has 0 aliphatic carbocycles. The maximum Gasteiger partial charge on any atom is 0.256 e. The van der Waals surface area contributed by atoms with Crippen molar-refractivity contribution >= 4 is 83.9 Å². The summed E-state index contributed by atoms with van der Waals surface area (Å²) in [5.41, 5.74) is 17.2. The molecule has 5 heteroatoms. The molecule has 0 saturated heterocycles. The van der Waals surface area contributed by atoms with Gasteiger partial charge in [-0.15, -0.1) is 0 Å². The van der Waals surface area contributed by atoms with Gasteiger partial charge in [-0.1, -0.05) is 137 Å². The number of unbranched alkanes of at least 4 members (excludes halogenated alkanes) is 1. The van der Waals surface area contributed by atoms with Crippen molar-refractivity contribution in [2.45, 2.75) is 52.4 Å². The summed E-state index contributed by atoms with van der Waals surface area (Å²) in [7, 11) is 0. The Morgan fingerprint density at radius 1 is 0.541 bits per heavy atom. The second kappa shape index (κ2) is 13.5. The number of rotatable bonds is 6. The zero-order chi connectivity index (χ0) is 41.0. The molecule has 0 fully saturated rings. The third-order valence-electron chi connectivity index (χ3n) is 13.2. The summed E-state index contributed by atoms with van der Waals surface area (Å²) in [4.78, 5) is 2.53. The maximum absolute atomic E-state index is 7.28. The van der Waals surface area contributed by atoms with Gasteiger partial charge in [0.15, 0.2) is 0 Å². The van der Waals surface area contributed by atoms with Gasteiger partial charge in [0.05, 0.1) is 16.7 Å². The molecule has 0 N–H and O–H groups in total. The van der Waals surface area contributed by atoms with Gasteiger partial charge < -0.3 is 18.6 Å². The molecule has 2 aromatic heterocycles. The van der Waals surface area contributed by atoms with Crippen molar-refractivity contribution in [1.29, 1.82) is 0 Å². The van der Waals surface area contributed by atoms with E-state index < -0.39 is 0 Å². The van der Waals surface area contributed by atoms with Crippen molar-refractivity contribution in [2.75, 3.05) is 4.90 Å². The van der Waals surface area contributed by atoms with Crippen LogP contribution in [0.3, 0.4) is 0 Å². The van der Waals surface area contributed by atoms with Crippen molar-refractivity contribution in [3.05, 3.63) is 175 Å². The van der Waals surface area contributed by atoms with Crippen LogP contribution in [0.1, 0.15) is 51.7 Å². The highest BCUT2D eigenvalue weighted by atomic mass is 16.5. The van der Waals surface area contributed by atoms with Crippen LogP contribution in [0.2, 0.25) is 0 Å². The molecule has 0 unspecified atom stereocenters. The summed E-state index contributed by atoms with van der Waals surface area (Å²) in [5.74, 6) is 1.81. The second-order valence-corrected chi connectivity index (χ2v) is 17.9. The van der Waals surface area contributed by atoms with Crippen molar-refractivity contribution in [2.24, 2.45) is 0 Å². The van der Waals surface area contributed by atoms with E-state index in [-0.39, 0.29) is 12.1 Å². The van der Waals surface area contributed by atoms with E-state index in [0.29, 0.717) is 0 Å². The van der Waals surface area contributed by atoms with Crippen LogP contribution in [0, 0.1) is 0 Å². The lowest BCUT2D eigenvalue weighted by Crippen LogP contribution is -2.59. The fraction of sp³-hybridized carbons (Fsp3) is 0.143. The minimum absolute atomic E-state index is 0.0566. The van der Waals surface area contributed by atoms with Gasteiger partial charge in [0.2, 0.25) is 0 Å². The third-order valence-corrected chi connectivity index (χ3v) is 13.2. The molecule has 4 nitrogen and oxygen atoms in total. The first-order valence-electron chi connectivity index (χ1n) is 21.8. The molecule has 0 amide bonds. The number of anilines is 3. The van der Waals surface area contributed by atoms with Gasteiger partial charge in [-0.3, -0.25) is 0 Å². The largest absolute Gasteiger partial charge is 0.458 e. The van der Waals surface area contributed by atoms with Gasteiger partial charge in [0, 0.05) is 50.7 Å². The standard InChI is InChI=1S/C56H45BN2O2/c1-5-6-16-37-29-43-42-21-12-15-24-51(42)60-52(43)34-49(37)59-48-28-25-36(35-17-8-7-9-18-35)30-45(48)57-44-27-26-39(58-46-22-13-10-19-40(46)41-20-11-14-23-47(41)58)33-53(44)61-54-32-38(56(2,3)4)31-50(59)55(54)57/h7-15,17-34H,5-6,16H2,1-4H3. The first kappa shape index (κ1) is 35.9. The quantitative estimate of drug-likeness (QED) is 0.157. The second-order valence-electron chi connectivity index (χ2n) is 17.9. The van der Waals surface area contributed by atoms with Crippen molar-refractivity contribution in [1.82, 2.24) is 4.57 Å². The number of fused-ring (bicyclic) bond motifs is 10. The van der Waals surface area contributed by atoms with Gasteiger partial charge in [-0.2, -0.15) is 0 Å². The van der Waals surface area contributed by atoms with Crippen LogP contribution in [0.5, 0.6) is 11.5 Å². The van der Waals surface area contributed by atoms with E-state index in [9.17, 15) is 0 Å². The van der Waals surface area contributed by atoms with Crippen LogP contribution in [0.4, 0.5) is 17.1 Å². The molecular formula is C56H45BN2O2. The molecule has 12 rings (SSSR count). The molecule has 2 aliphatic rings. The first-order chi connectivity index (χ1) is 29.8. The lowest BCUT2D eigenvalue weighted by atomic mass is 9.34. The average Bonchev–Trinajstić information content (AvgIpc) is 3.82. The Morgan fingerprint density at radius 3 is 2.02 bits per heavy atom. The van der Waals surface area contributed by atoms with Crippen LogP contribution in [0.25, 0.3) is 60.6 Å². The van der Waals surface area contributed by atoms with Gasteiger partial charge in [-0.25, -0.2) is 0 Å². The lowest BCUT2D eigenvalue weighted by Gasteiger charge is -2.42. The van der Waals surface area contributed by atoms with Crippen molar-refractivity contribution in [3.8, 4) is 28.3 Å². The monoisotopic (exact) mass is 788 g/mol.